The van der Waals surface area contributed by atoms with Crippen molar-refractivity contribution in [3.05, 3.63) is 58.6 Å². The summed E-state index contributed by atoms with van der Waals surface area (Å²) >= 11 is 5.93. The smallest absolute Gasteiger partial charge is 0.120 e. The SMILES string of the molecule is COc1ccc([C@H](C)NCc2cc(Cl)ccc2O)cc1. The van der Waals surface area contributed by atoms with Gasteiger partial charge in [-0.1, -0.05) is 23.7 Å². The first-order valence-electron chi connectivity index (χ1n) is 6.45. The lowest BCUT2D eigenvalue weighted by Gasteiger charge is -2.15. The van der Waals surface area contributed by atoms with Gasteiger partial charge in [-0.25, -0.2) is 0 Å². The zero-order chi connectivity index (χ0) is 14.5. The molecule has 0 saturated heterocycles. The second kappa shape index (κ2) is 6.64. The van der Waals surface area contributed by atoms with Gasteiger partial charge in [-0.05, 0) is 42.8 Å². The Labute approximate surface area is 124 Å². The average molecular weight is 292 g/mol. The molecule has 0 aliphatic carbocycles. The van der Waals surface area contributed by atoms with E-state index in [-0.39, 0.29) is 11.8 Å². The molecule has 106 valence electrons. The number of halogens is 1. The Morgan fingerprint density at radius 1 is 1.20 bits per heavy atom. The Hall–Kier alpha value is -1.71. The van der Waals surface area contributed by atoms with E-state index in [9.17, 15) is 5.11 Å². The van der Waals surface area contributed by atoms with Crippen LogP contribution in [0.3, 0.4) is 0 Å². The maximum atomic E-state index is 9.77. The fourth-order valence-electron chi connectivity index (χ4n) is 1.97. The van der Waals surface area contributed by atoms with Crippen molar-refractivity contribution in [3.8, 4) is 11.5 Å². The van der Waals surface area contributed by atoms with Gasteiger partial charge in [0.1, 0.15) is 11.5 Å². The maximum absolute atomic E-state index is 9.77. The van der Waals surface area contributed by atoms with Crippen LogP contribution in [0.15, 0.2) is 42.5 Å². The highest BCUT2D eigenvalue weighted by atomic mass is 35.5. The average Bonchev–Trinajstić information content (AvgIpc) is 2.48. The van der Waals surface area contributed by atoms with Gasteiger partial charge in [0, 0.05) is 23.2 Å². The Morgan fingerprint density at radius 2 is 1.90 bits per heavy atom. The quantitative estimate of drug-likeness (QED) is 0.878. The molecule has 0 radical (unpaired) electrons. The van der Waals surface area contributed by atoms with E-state index in [1.165, 1.54) is 0 Å². The molecule has 0 fully saturated rings. The first-order valence-corrected chi connectivity index (χ1v) is 6.82. The normalized spacial score (nSPS) is 12.2. The molecule has 1 atom stereocenters. The van der Waals surface area contributed by atoms with E-state index < -0.39 is 0 Å². The Bertz CT molecular complexity index is 569. The summed E-state index contributed by atoms with van der Waals surface area (Å²) in [4.78, 5) is 0. The summed E-state index contributed by atoms with van der Waals surface area (Å²) in [6, 6.07) is 13.1. The molecule has 20 heavy (non-hydrogen) atoms. The number of phenols is 1. The second-order valence-corrected chi connectivity index (χ2v) is 5.09. The van der Waals surface area contributed by atoms with E-state index in [0.29, 0.717) is 11.6 Å². The van der Waals surface area contributed by atoms with Crippen molar-refractivity contribution in [2.75, 3.05) is 7.11 Å². The largest absolute Gasteiger partial charge is 0.508 e. The first kappa shape index (κ1) is 14.7. The molecular formula is C16H18ClNO2. The molecule has 0 saturated carbocycles. The lowest BCUT2D eigenvalue weighted by Crippen LogP contribution is -2.18. The van der Waals surface area contributed by atoms with Gasteiger partial charge in [0.15, 0.2) is 0 Å². The minimum Gasteiger partial charge on any atom is -0.508 e. The van der Waals surface area contributed by atoms with E-state index in [2.05, 4.69) is 12.2 Å². The van der Waals surface area contributed by atoms with Crippen LogP contribution < -0.4 is 10.1 Å². The van der Waals surface area contributed by atoms with Crippen LogP contribution in [0.2, 0.25) is 5.02 Å². The second-order valence-electron chi connectivity index (χ2n) is 4.65. The van der Waals surface area contributed by atoms with Crippen molar-refractivity contribution in [1.82, 2.24) is 5.32 Å². The summed E-state index contributed by atoms with van der Waals surface area (Å²) in [6.45, 7) is 2.63. The fraction of sp³-hybridized carbons (Fsp3) is 0.250. The van der Waals surface area contributed by atoms with Crippen LogP contribution in [-0.4, -0.2) is 12.2 Å². The lowest BCUT2D eigenvalue weighted by atomic mass is 10.1. The molecule has 3 nitrogen and oxygen atoms in total. The summed E-state index contributed by atoms with van der Waals surface area (Å²) in [5, 5.41) is 13.8. The number of hydrogen-bond acceptors (Lipinski definition) is 3. The molecule has 0 amide bonds. The number of hydrogen-bond donors (Lipinski definition) is 2. The molecule has 2 aromatic carbocycles. The summed E-state index contributed by atoms with van der Waals surface area (Å²) in [7, 11) is 1.65. The Balaban J connectivity index is 2.00. The van der Waals surface area contributed by atoms with E-state index in [1.807, 2.05) is 24.3 Å². The number of methoxy groups -OCH3 is 1. The summed E-state index contributed by atoms with van der Waals surface area (Å²) < 4.78 is 5.14. The summed E-state index contributed by atoms with van der Waals surface area (Å²) in [6.07, 6.45) is 0. The van der Waals surface area contributed by atoms with E-state index in [0.717, 1.165) is 16.9 Å². The molecule has 0 aliphatic heterocycles. The van der Waals surface area contributed by atoms with Gasteiger partial charge in [-0.15, -0.1) is 0 Å². The molecular weight excluding hydrogens is 274 g/mol. The molecule has 0 heterocycles. The van der Waals surface area contributed by atoms with E-state index in [1.54, 1.807) is 25.3 Å². The molecule has 4 heteroatoms. The Morgan fingerprint density at radius 3 is 2.55 bits per heavy atom. The van der Waals surface area contributed by atoms with Crippen LogP contribution in [0.5, 0.6) is 11.5 Å². The molecule has 0 aliphatic rings. The lowest BCUT2D eigenvalue weighted by molar-refractivity contribution is 0.414. The van der Waals surface area contributed by atoms with Gasteiger partial charge in [-0.3, -0.25) is 0 Å². The van der Waals surface area contributed by atoms with Gasteiger partial charge in [0.05, 0.1) is 7.11 Å². The van der Waals surface area contributed by atoms with Gasteiger partial charge >= 0.3 is 0 Å². The predicted octanol–water partition coefficient (Wildman–Crippen LogP) is 3.91. The van der Waals surface area contributed by atoms with Crippen LogP contribution in [0.25, 0.3) is 0 Å². The fourth-order valence-corrected chi connectivity index (χ4v) is 2.16. The maximum Gasteiger partial charge on any atom is 0.120 e. The molecule has 2 aromatic rings. The van der Waals surface area contributed by atoms with Crippen molar-refractivity contribution in [2.45, 2.75) is 19.5 Å². The van der Waals surface area contributed by atoms with Crippen LogP contribution in [-0.2, 0) is 6.54 Å². The van der Waals surface area contributed by atoms with Crippen molar-refractivity contribution >= 4 is 11.6 Å². The third kappa shape index (κ3) is 3.65. The minimum atomic E-state index is 0.166. The van der Waals surface area contributed by atoms with E-state index >= 15 is 0 Å². The number of phenolic OH excluding ortho intramolecular Hbond substituents is 1. The van der Waals surface area contributed by atoms with Crippen molar-refractivity contribution < 1.29 is 9.84 Å². The first-order chi connectivity index (χ1) is 9.60. The number of aromatic hydroxyl groups is 1. The van der Waals surface area contributed by atoms with Crippen LogP contribution in [0.4, 0.5) is 0 Å². The Kier molecular flexibility index (Phi) is 4.88. The molecule has 0 aromatic heterocycles. The molecule has 0 bridgehead atoms. The zero-order valence-corrected chi connectivity index (χ0v) is 12.3. The summed E-state index contributed by atoms with van der Waals surface area (Å²) in [5.74, 6) is 1.09. The standard InChI is InChI=1S/C16H18ClNO2/c1-11(12-3-6-15(20-2)7-4-12)18-10-13-9-14(17)5-8-16(13)19/h3-9,11,18-19H,10H2,1-2H3/t11-/m0/s1. The van der Waals surface area contributed by atoms with Crippen LogP contribution in [0.1, 0.15) is 24.1 Å². The highest BCUT2D eigenvalue weighted by Crippen LogP contribution is 2.23. The van der Waals surface area contributed by atoms with Crippen LogP contribution in [0, 0.1) is 0 Å². The zero-order valence-electron chi connectivity index (χ0n) is 11.6. The number of rotatable bonds is 5. The topological polar surface area (TPSA) is 41.5 Å². The third-order valence-corrected chi connectivity index (χ3v) is 3.49. The predicted molar refractivity (Wildman–Crippen MR) is 81.4 cm³/mol. The molecule has 2 rings (SSSR count). The van der Waals surface area contributed by atoms with Crippen LogP contribution >= 0.6 is 11.6 Å². The van der Waals surface area contributed by atoms with Gasteiger partial charge in [0.2, 0.25) is 0 Å². The number of nitrogens with one attached hydrogen (secondary N) is 1. The summed E-state index contributed by atoms with van der Waals surface area (Å²) in [5.41, 5.74) is 1.95. The van der Waals surface area contributed by atoms with Gasteiger partial charge < -0.3 is 15.2 Å². The minimum absolute atomic E-state index is 0.166. The number of ether oxygens (including phenoxy) is 1. The number of benzene rings is 2. The highest BCUT2D eigenvalue weighted by Gasteiger charge is 2.07. The molecule has 0 unspecified atom stereocenters. The van der Waals surface area contributed by atoms with Gasteiger partial charge in [0.25, 0.3) is 0 Å². The monoisotopic (exact) mass is 291 g/mol. The molecule has 0 spiro atoms. The molecule has 2 N–H and O–H groups in total. The van der Waals surface area contributed by atoms with Crippen molar-refractivity contribution in [1.29, 1.82) is 0 Å². The van der Waals surface area contributed by atoms with Crippen molar-refractivity contribution in [2.24, 2.45) is 0 Å². The highest BCUT2D eigenvalue weighted by molar-refractivity contribution is 6.30. The third-order valence-electron chi connectivity index (χ3n) is 3.26. The van der Waals surface area contributed by atoms with Gasteiger partial charge in [-0.2, -0.15) is 0 Å². The van der Waals surface area contributed by atoms with Crippen molar-refractivity contribution in [3.63, 3.8) is 0 Å². The van der Waals surface area contributed by atoms with E-state index in [4.69, 9.17) is 16.3 Å².